The molecule has 108 valence electrons. The molecule has 0 saturated carbocycles. The first-order valence-electron chi connectivity index (χ1n) is 6.99. The molecule has 0 radical (unpaired) electrons. The Morgan fingerprint density at radius 1 is 1.32 bits per heavy atom. The maximum Gasteiger partial charge on any atom is 0.0409 e. The molecule has 1 aromatic carbocycles. The van der Waals surface area contributed by atoms with Crippen molar-refractivity contribution in [2.45, 2.75) is 39.7 Å². The molecule has 0 fully saturated rings. The maximum atomic E-state index is 6.08. The zero-order chi connectivity index (χ0) is 14.5. The highest BCUT2D eigenvalue weighted by atomic mass is 79.9. The lowest BCUT2D eigenvalue weighted by molar-refractivity contribution is 0.151. The van der Waals surface area contributed by atoms with Gasteiger partial charge in [0.15, 0.2) is 0 Å². The smallest absolute Gasteiger partial charge is 0.0409 e. The summed E-state index contributed by atoms with van der Waals surface area (Å²) in [6.07, 6.45) is 2.39. The van der Waals surface area contributed by atoms with Gasteiger partial charge in [-0.3, -0.25) is 4.90 Å². The minimum atomic E-state index is 0.363. The van der Waals surface area contributed by atoms with E-state index in [4.69, 9.17) is 11.6 Å². The lowest BCUT2D eigenvalue weighted by atomic mass is 9.83. The van der Waals surface area contributed by atoms with Crippen LogP contribution < -0.4 is 0 Å². The van der Waals surface area contributed by atoms with Crippen LogP contribution >= 0.6 is 27.5 Å². The lowest BCUT2D eigenvalue weighted by Crippen LogP contribution is -2.37. The predicted octanol–water partition coefficient (Wildman–Crippen LogP) is 5.53. The SMILES string of the molecule is CCC(CC)(CBr)CN(C)C(C)c1cccc(Cl)c1. The van der Waals surface area contributed by atoms with Crippen LogP contribution in [0.3, 0.4) is 0 Å². The van der Waals surface area contributed by atoms with Crippen LogP contribution in [0.4, 0.5) is 0 Å². The van der Waals surface area contributed by atoms with Gasteiger partial charge in [-0.1, -0.05) is 53.5 Å². The molecule has 0 aliphatic carbocycles. The molecule has 1 aromatic rings. The number of rotatable bonds is 7. The van der Waals surface area contributed by atoms with E-state index >= 15 is 0 Å². The molecular formula is C16H25BrClN. The second-order valence-electron chi connectivity index (χ2n) is 5.49. The number of hydrogen-bond donors (Lipinski definition) is 0. The lowest BCUT2D eigenvalue weighted by Gasteiger charge is -2.37. The van der Waals surface area contributed by atoms with Gasteiger partial charge in [0.1, 0.15) is 0 Å². The van der Waals surface area contributed by atoms with Crippen molar-refractivity contribution in [3.8, 4) is 0 Å². The molecule has 1 unspecified atom stereocenters. The van der Waals surface area contributed by atoms with Crippen LogP contribution in [0.25, 0.3) is 0 Å². The van der Waals surface area contributed by atoms with Gasteiger partial charge in [-0.2, -0.15) is 0 Å². The fourth-order valence-corrected chi connectivity index (χ4v) is 3.56. The van der Waals surface area contributed by atoms with Crippen LogP contribution in [0.1, 0.15) is 45.2 Å². The Balaban J connectivity index is 2.79. The molecule has 0 bridgehead atoms. The third kappa shape index (κ3) is 4.47. The third-order valence-corrected chi connectivity index (χ3v) is 5.79. The fraction of sp³-hybridized carbons (Fsp3) is 0.625. The molecule has 0 aliphatic heterocycles. The molecular weight excluding hydrogens is 322 g/mol. The van der Waals surface area contributed by atoms with Crippen molar-refractivity contribution in [3.05, 3.63) is 34.9 Å². The molecule has 0 heterocycles. The van der Waals surface area contributed by atoms with Crippen molar-refractivity contribution < 1.29 is 0 Å². The topological polar surface area (TPSA) is 3.24 Å². The molecule has 3 heteroatoms. The van der Waals surface area contributed by atoms with Gasteiger partial charge < -0.3 is 0 Å². The van der Waals surface area contributed by atoms with Gasteiger partial charge in [0, 0.05) is 22.9 Å². The van der Waals surface area contributed by atoms with Crippen molar-refractivity contribution in [2.24, 2.45) is 5.41 Å². The maximum absolute atomic E-state index is 6.08. The average molecular weight is 347 g/mol. The molecule has 0 aliphatic rings. The van der Waals surface area contributed by atoms with E-state index in [1.807, 2.05) is 12.1 Å². The van der Waals surface area contributed by atoms with Gasteiger partial charge in [-0.25, -0.2) is 0 Å². The predicted molar refractivity (Wildman–Crippen MR) is 89.3 cm³/mol. The highest BCUT2D eigenvalue weighted by Gasteiger charge is 2.28. The van der Waals surface area contributed by atoms with E-state index < -0.39 is 0 Å². The zero-order valence-corrected chi connectivity index (χ0v) is 14.8. The van der Waals surface area contributed by atoms with Gasteiger partial charge in [-0.15, -0.1) is 0 Å². The van der Waals surface area contributed by atoms with Crippen LogP contribution in [0.2, 0.25) is 5.02 Å². The number of halogens is 2. The summed E-state index contributed by atoms with van der Waals surface area (Å²) >= 11 is 9.77. The van der Waals surface area contributed by atoms with E-state index in [2.05, 4.69) is 60.8 Å². The summed E-state index contributed by atoms with van der Waals surface area (Å²) in [5.41, 5.74) is 1.65. The summed E-state index contributed by atoms with van der Waals surface area (Å²) < 4.78 is 0. The first kappa shape index (κ1) is 17.0. The van der Waals surface area contributed by atoms with Gasteiger partial charge in [0.05, 0.1) is 0 Å². The van der Waals surface area contributed by atoms with Crippen LogP contribution in [0, 0.1) is 5.41 Å². The van der Waals surface area contributed by atoms with Crippen LogP contribution in [-0.4, -0.2) is 23.8 Å². The molecule has 1 rings (SSSR count). The van der Waals surface area contributed by atoms with E-state index in [0.717, 1.165) is 16.9 Å². The minimum Gasteiger partial charge on any atom is -0.299 e. The standard InChI is InChI=1S/C16H25BrClN/c1-5-16(6-2,11-17)12-19(4)13(3)14-8-7-9-15(18)10-14/h7-10,13H,5-6,11-12H2,1-4H3. The number of nitrogens with zero attached hydrogens (tertiary/aromatic N) is 1. The molecule has 0 spiro atoms. The Morgan fingerprint density at radius 2 is 1.95 bits per heavy atom. The van der Waals surface area contributed by atoms with Crippen molar-refractivity contribution in [3.63, 3.8) is 0 Å². The molecule has 0 amide bonds. The fourth-order valence-electron chi connectivity index (χ4n) is 2.39. The van der Waals surface area contributed by atoms with Crippen LogP contribution in [0.5, 0.6) is 0 Å². The Morgan fingerprint density at radius 3 is 2.42 bits per heavy atom. The Hall–Kier alpha value is -0.0500. The third-order valence-electron chi connectivity index (χ3n) is 4.36. The van der Waals surface area contributed by atoms with Gasteiger partial charge >= 0.3 is 0 Å². The summed E-state index contributed by atoms with van der Waals surface area (Å²) in [6.45, 7) is 7.90. The minimum absolute atomic E-state index is 0.363. The zero-order valence-electron chi connectivity index (χ0n) is 12.4. The second kappa shape index (κ2) is 7.66. The highest BCUT2D eigenvalue weighted by molar-refractivity contribution is 9.09. The first-order valence-corrected chi connectivity index (χ1v) is 8.49. The van der Waals surface area contributed by atoms with Gasteiger partial charge in [-0.05, 0) is 49.9 Å². The van der Waals surface area contributed by atoms with Crippen molar-refractivity contribution in [2.75, 3.05) is 18.9 Å². The van der Waals surface area contributed by atoms with Crippen molar-refractivity contribution >= 4 is 27.5 Å². The van der Waals surface area contributed by atoms with Gasteiger partial charge in [0.25, 0.3) is 0 Å². The van der Waals surface area contributed by atoms with E-state index in [-0.39, 0.29) is 0 Å². The Kier molecular flexibility index (Phi) is 6.85. The largest absolute Gasteiger partial charge is 0.299 e. The van der Waals surface area contributed by atoms with E-state index in [1.165, 1.54) is 18.4 Å². The highest BCUT2D eigenvalue weighted by Crippen LogP contribution is 2.32. The summed E-state index contributed by atoms with van der Waals surface area (Å²) in [5, 5.41) is 1.87. The molecule has 1 nitrogen and oxygen atoms in total. The molecule has 0 aromatic heterocycles. The summed E-state index contributed by atoms with van der Waals surface area (Å²) in [5.74, 6) is 0. The van der Waals surface area contributed by atoms with E-state index in [0.29, 0.717) is 11.5 Å². The van der Waals surface area contributed by atoms with Crippen molar-refractivity contribution in [1.29, 1.82) is 0 Å². The molecule has 19 heavy (non-hydrogen) atoms. The van der Waals surface area contributed by atoms with Crippen LogP contribution in [-0.2, 0) is 0 Å². The van der Waals surface area contributed by atoms with Gasteiger partial charge in [0.2, 0.25) is 0 Å². The number of alkyl halides is 1. The monoisotopic (exact) mass is 345 g/mol. The Bertz CT molecular complexity index is 382. The van der Waals surface area contributed by atoms with Crippen LogP contribution in [0.15, 0.2) is 24.3 Å². The van der Waals surface area contributed by atoms with E-state index in [9.17, 15) is 0 Å². The molecule has 1 atom stereocenters. The number of hydrogen-bond acceptors (Lipinski definition) is 1. The summed E-state index contributed by atoms with van der Waals surface area (Å²) in [7, 11) is 2.20. The van der Waals surface area contributed by atoms with Crippen molar-refractivity contribution in [1.82, 2.24) is 4.90 Å². The molecule has 0 saturated heterocycles. The summed E-state index contributed by atoms with van der Waals surface area (Å²) in [4.78, 5) is 2.43. The molecule has 0 N–H and O–H groups in total. The Labute approximate surface area is 131 Å². The normalized spacial score (nSPS) is 13.8. The summed E-state index contributed by atoms with van der Waals surface area (Å²) in [6, 6.07) is 8.56. The number of benzene rings is 1. The second-order valence-corrected chi connectivity index (χ2v) is 6.48. The quantitative estimate of drug-likeness (QED) is 0.586. The average Bonchev–Trinajstić information content (AvgIpc) is 2.44. The first-order chi connectivity index (χ1) is 8.98. The van der Waals surface area contributed by atoms with E-state index in [1.54, 1.807) is 0 Å².